The standard InChI is InChI=1S/C15H23N3O3/c1-4-7-11(3)17-15(19)12-8-6-9-13(16-10-5-2)14(12)18(20)21/h6,8-9,11,16H,4-5,7,10H2,1-3H3,(H,17,19). The van der Waals surface area contributed by atoms with Crippen LogP contribution in [0.2, 0.25) is 0 Å². The molecule has 1 aromatic rings. The molecule has 0 aliphatic rings. The van der Waals surface area contributed by atoms with Gasteiger partial charge >= 0.3 is 5.69 Å². The Hall–Kier alpha value is -2.11. The van der Waals surface area contributed by atoms with E-state index in [0.717, 1.165) is 19.3 Å². The molecule has 0 fully saturated rings. The van der Waals surface area contributed by atoms with Crippen LogP contribution in [0, 0.1) is 10.1 Å². The van der Waals surface area contributed by atoms with Crippen LogP contribution in [-0.2, 0) is 0 Å². The van der Waals surface area contributed by atoms with Gasteiger partial charge in [0, 0.05) is 12.6 Å². The van der Waals surface area contributed by atoms with Crippen LogP contribution in [0.25, 0.3) is 0 Å². The SMILES string of the molecule is CCCNc1cccc(C(=O)NC(C)CCC)c1[N+](=O)[O-]. The molecule has 0 aromatic heterocycles. The van der Waals surface area contributed by atoms with Gasteiger partial charge in [-0.05, 0) is 31.9 Å². The Morgan fingerprint density at radius 3 is 2.62 bits per heavy atom. The van der Waals surface area contributed by atoms with Gasteiger partial charge in [-0.25, -0.2) is 0 Å². The van der Waals surface area contributed by atoms with Crippen molar-refractivity contribution < 1.29 is 9.72 Å². The summed E-state index contributed by atoms with van der Waals surface area (Å²) in [5.41, 5.74) is 0.328. The topological polar surface area (TPSA) is 84.3 Å². The highest BCUT2D eigenvalue weighted by Gasteiger charge is 2.24. The van der Waals surface area contributed by atoms with Gasteiger partial charge in [0.05, 0.1) is 4.92 Å². The summed E-state index contributed by atoms with van der Waals surface area (Å²) in [6.45, 7) is 6.52. The Bertz CT molecular complexity index is 503. The molecular formula is C15H23N3O3. The number of nitro benzene ring substituents is 1. The van der Waals surface area contributed by atoms with Crippen LogP contribution in [0.1, 0.15) is 50.4 Å². The maximum atomic E-state index is 12.2. The first-order valence-electron chi connectivity index (χ1n) is 7.33. The molecule has 0 aliphatic carbocycles. The Morgan fingerprint density at radius 2 is 2.05 bits per heavy atom. The van der Waals surface area contributed by atoms with Crippen molar-refractivity contribution >= 4 is 17.3 Å². The Labute approximate surface area is 125 Å². The van der Waals surface area contributed by atoms with E-state index in [1.165, 1.54) is 6.07 Å². The van der Waals surface area contributed by atoms with E-state index in [-0.39, 0.29) is 17.3 Å². The zero-order valence-electron chi connectivity index (χ0n) is 12.8. The maximum absolute atomic E-state index is 12.2. The zero-order valence-corrected chi connectivity index (χ0v) is 12.8. The van der Waals surface area contributed by atoms with Gasteiger partial charge in [-0.3, -0.25) is 14.9 Å². The number of nitrogens with zero attached hydrogens (tertiary/aromatic N) is 1. The van der Waals surface area contributed by atoms with E-state index < -0.39 is 10.8 Å². The number of hydrogen-bond donors (Lipinski definition) is 2. The molecule has 0 aliphatic heterocycles. The second-order valence-corrected chi connectivity index (χ2v) is 5.05. The second-order valence-electron chi connectivity index (χ2n) is 5.05. The molecule has 1 atom stereocenters. The zero-order chi connectivity index (χ0) is 15.8. The lowest BCUT2D eigenvalue weighted by Crippen LogP contribution is -2.32. The normalized spacial score (nSPS) is 11.8. The number of nitro groups is 1. The Morgan fingerprint density at radius 1 is 1.33 bits per heavy atom. The second kappa shape index (κ2) is 8.24. The molecule has 1 unspecified atom stereocenters. The summed E-state index contributed by atoms with van der Waals surface area (Å²) < 4.78 is 0. The fourth-order valence-corrected chi connectivity index (χ4v) is 2.13. The van der Waals surface area contributed by atoms with E-state index >= 15 is 0 Å². The molecule has 0 heterocycles. The number of para-hydroxylation sites is 1. The average Bonchev–Trinajstić information content (AvgIpc) is 2.44. The minimum atomic E-state index is -0.503. The van der Waals surface area contributed by atoms with Gasteiger partial charge in [-0.1, -0.05) is 26.3 Å². The average molecular weight is 293 g/mol. The summed E-state index contributed by atoms with van der Waals surface area (Å²) in [7, 11) is 0. The lowest BCUT2D eigenvalue weighted by molar-refractivity contribution is -0.384. The summed E-state index contributed by atoms with van der Waals surface area (Å²) in [5.74, 6) is -0.400. The third-order valence-electron chi connectivity index (χ3n) is 3.13. The number of nitrogens with one attached hydrogen (secondary N) is 2. The van der Waals surface area contributed by atoms with Gasteiger partial charge in [0.25, 0.3) is 5.91 Å². The van der Waals surface area contributed by atoms with Crippen LogP contribution in [0.3, 0.4) is 0 Å². The molecule has 0 radical (unpaired) electrons. The van der Waals surface area contributed by atoms with Crippen molar-refractivity contribution in [3.05, 3.63) is 33.9 Å². The fourth-order valence-electron chi connectivity index (χ4n) is 2.13. The molecule has 0 bridgehead atoms. The predicted octanol–water partition coefficient (Wildman–Crippen LogP) is 3.34. The first-order chi connectivity index (χ1) is 10.0. The Balaban J connectivity index is 3.05. The molecule has 0 saturated carbocycles. The smallest absolute Gasteiger partial charge is 0.305 e. The first-order valence-corrected chi connectivity index (χ1v) is 7.33. The summed E-state index contributed by atoms with van der Waals surface area (Å²) in [4.78, 5) is 23.0. The Kier molecular flexibility index (Phi) is 6.65. The van der Waals surface area contributed by atoms with Crippen LogP contribution in [0.15, 0.2) is 18.2 Å². The van der Waals surface area contributed by atoms with Crippen molar-refractivity contribution in [3.63, 3.8) is 0 Å². The van der Waals surface area contributed by atoms with Crippen LogP contribution < -0.4 is 10.6 Å². The fraction of sp³-hybridized carbons (Fsp3) is 0.533. The highest BCUT2D eigenvalue weighted by molar-refractivity contribution is 6.00. The van der Waals surface area contributed by atoms with E-state index in [0.29, 0.717) is 12.2 Å². The number of rotatable bonds is 8. The lowest BCUT2D eigenvalue weighted by Gasteiger charge is -2.14. The lowest BCUT2D eigenvalue weighted by atomic mass is 10.1. The van der Waals surface area contributed by atoms with Crippen LogP contribution in [0.5, 0.6) is 0 Å². The third-order valence-corrected chi connectivity index (χ3v) is 3.13. The number of anilines is 1. The number of carbonyl (C=O) groups is 1. The van der Waals surface area contributed by atoms with E-state index in [2.05, 4.69) is 10.6 Å². The van der Waals surface area contributed by atoms with Gasteiger partial charge in [-0.15, -0.1) is 0 Å². The van der Waals surface area contributed by atoms with Crippen molar-refractivity contribution in [1.82, 2.24) is 5.32 Å². The van der Waals surface area contributed by atoms with Crippen molar-refractivity contribution in [2.45, 2.75) is 46.1 Å². The van der Waals surface area contributed by atoms with Gasteiger partial charge in [0.15, 0.2) is 0 Å². The van der Waals surface area contributed by atoms with E-state index in [1.54, 1.807) is 12.1 Å². The number of amides is 1. The quantitative estimate of drug-likeness (QED) is 0.568. The van der Waals surface area contributed by atoms with Crippen molar-refractivity contribution in [3.8, 4) is 0 Å². The number of hydrogen-bond acceptors (Lipinski definition) is 4. The summed E-state index contributed by atoms with van der Waals surface area (Å²) in [5, 5.41) is 17.1. The molecule has 1 aromatic carbocycles. The van der Waals surface area contributed by atoms with Gasteiger partial charge in [0.2, 0.25) is 0 Å². The summed E-state index contributed by atoms with van der Waals surface area (Å²) >= 11 is 0. The predicted molar refractivity (Wildman–Crippen MR) is 83.7 cm³/mol. The largest absolute Gasteiger partial charge is 0.379 e. The molecule has 0 spiro atoms. The van der Waals surface area contributed by atoms with E-state index in [4.69, 9.17) is 0 Å². The molecule has 6 heteroatoms. The summed E-state index contributed by atoms with van der Waals surface area (Å²) in [6.07, 6.45) is 2.63. The van der Waals surface area contributed by atoms with E-state index in [1.807, 2.05) is 20.8 Å². The van der Waals surface area contributed by atoms with Crippen molar-refractivity contribution in [2.75, 3.05) is 11.9 Å². The third kappa shape index (κ3) is 4.73. The molecule has 1 rings (SSSR count). The molecule has 0 saturated heterocycles. The van der Waals surface area contributed by atoms with Gasteiger partial charge in [-0.2, -0.15) is 0 Å². The van der Waals surface area contributed by atoms with Gasteiger partial charge < -0.3 is 10.6 Å². The minimum Gasteiger partial charge on any atom is -0.379 e. The highest BCUT2D eigenvalue weighted by Crippen LogP contribution is 2.28. The molecule has 2 N–H and O–H groups in total. The minimum absolute atomic E-state index is 0.00522. The first kappa shape index (κ1) is 16.9. The van der Waals surface area contributed by atoms with E-state index in [9.17, 15) is 14.9 Å². The summed E-state index contributed by atoms with van der Waals surface area (Å²) in [6, 6.07) is 4.77. The molecular weight excluding hydrogens is 270 g/mol. The van der Waals surface area contributed by atoms with Crippen molar-refractivity contribution in [2.24, 2.45) is 0 Å². The number of carbonyl (C=O) groups excluding carboxylic acids is 1. The monoisotopic (exact) mass is 293 g/mol. The highest BCUT2D eigenvalue weighted by atomic mass is 16.6. The number of benzene rings is 1. The molecule has 6 nitrogen and oxygen atoms in total. The molecule has 21 heavy (non-hydrogen) atoms. The maximum Gasteiger partial charge on any atom is 0.305 e. The van der Waals surface area contributed by atoms with Crippen LogP contribution >= 0.6 is 0 Å². The van der Waals surface area contributed by atoms with Crippen LogP contribution in [-0.4, -0.2) is 23.4 Å². The van der Waals surface area contributed by atoms with Crippen molar-refractivity contribution in [1.29, 1.82) is 0 Å². The van der Waals surface area contributed by atoms with Gasteiger partial charge in [0.1, 0.15) is 11.3 Å². The molecule has 1 amide bonds. The molecule has 116 valence electrons. The van der Waals surface area contributed by atoms with Crippen LogP contribution in [0.4, 0.5) is 11.4 Å².